The van der Waals surface area contributed by atoms with Gasteiger partial charge < -0.3 is 11.1 Å². The number of nitrogen functional groups attached to an aromatic ring is 1. The van der Waals surface area contributed by atoms with Gasteiger partial charge in [-0.05, 0) is 74.1 Å². The Labute approximate surface area is 208 Å². The van der Waals surface area contributed by atoms with Crippen molar-refractivity contribution in [2.75, 3.05) is 11.1 Å². The number of nitrogens with one attached hydrogen (secondary N) is 1. The third-order valence-corrected chi connectivity index (χ3v) is 5.99. The van der Waals surface area contributed by atoms with Crippen LogP contribution in [0.15, 0.2) is 78.9 Å². The van der Waals surface area contributed by atoms with Crippen LogP contribution in [0.4, 0.5) is 11.4 Å². The van der Waals surface area contributed by atoms with Gasteiger partial charge in [-0.2, -0.15) is 0 Å². The number of aryl methyl sites for hydroxylation is 3. The minimum atomic E-state index is -0.0901. The molecule has 3 aromatic carbocycles. The molecule has 4 nitrogen and oxygen atoms in total. The molecular formula is C29H32ClN3O. The first-order valence-corrected chi connectivity index (χ1v) is 11.7. The maximum atomic E-state index is 13.0. The Morgan fingerprint density at radius 2 is 1.56 bits per heavy atom. The number of anilines is 2. The molecule has 1 aromatic heterocycles. The summed E-state index contributed by atoms with van der Waals surface area (Å²) in [5, 5.41) is 3.89. The van der Waals surface area contributed by atoms with Crippen LogP contribution >= 0.6 is 12.4 Å². The number of nitrogens with two attached hydrogens (primary N) is 1. The van der Waals surface area contributed by atoms with E-state index in [-0.39, 0.29) is 18.3 Å². The Morgan fingerprint density at radius 1 is 0.853 bits per heavy atom. The molecule has 5 heteroatoms. The quantitative estimate of drug-likeness (QED) is 0.254. The molecule has 0 bridgehead atoms. The molecule has 0 aliphatic carbocycles. The average Bonchev–Trinajstić information content (AvgIpc) is 2.82. The lowest BCUT2D eigenvalue weighted by Gasteiger charge is -2.12. The second-order valence-electron chi connectivity index (χ2n) is 8.60. The van der Waals surface area contributed by atoms with E-state index in [0.717, 1.165) is 52.7 Å². The van der Waals surface area contributed by atoms with E-state index in [9.17, 15) is 4.79 Å². The van der Waals surface area contributed by atoms with Crippen molar-refractivity contribution in [2.45, 2.75) is 45.4 Å². The number of hydrogen-bond donors (Lipinski definition) is 2. The molecule has 3 N–H and O–H groups in total. The van der Waals surface area contributed by atoms with Crippen molar-refractivity contribution in [1.29, 1.82) is 0 Å². The van der Waals surface area contributed by atoms with Crippen LogP contribution in [-0.4, -0.2) is 10.9 Å². The van der Waals surface area contributed by atoms with Crippen LogP contribution in [-0.2, 0) is 12.8 Å². The van der Waals surface area contributed by atoms with E-state index in [1.54, 1.807) is 0 Å². The number of carbonyl (C=O) groups excluding carboxylic acids is 1. The number of rotatable bonds is 9. The summed E-state index contributed by atoms with van der Waals surface area (Å²) in [6.45, 7) is 1.92. The Bertz CT molecular complexity index is 1240. The standard InChI is InChI=1S/C29H31N3O.ClH/c1-21-19-27(30)26-20-24(17-18-28(26)31-21)32-29(33)25-16-10-9-15-23(25)14-8-3-2-5-11-22-12-6-4-7-13-22;/h4,6-7,9-10,12-13,15-20H,2-3,5,8,11,14H2,1H3,(H2,30,31)(H,32,33);1H. The van der Waals surface area contributed by atoms with Crippen molar-refractivity contribution in [2.24, 2.45) is 0 Å². The molecule has 0 spiro atoms. The fraction of sp³-hybridized carbons (Fsp3) is 0.241. The van der Waals surface area contributed by atoms with Crippen LogP contribution < -0.4 is 11.1 Å². The predicted octanol–water partition coefficient (Wildman–Crippen LogP) is 7.15. The van der Waals surface area contributed by atoms with Gasteiger partial charge in [-0.1, -0.05) is 61.4 Å². The van der Waals surface area contributed by atoms with Gasteiger partial charge >= 0.3 is 0 Å². The fourth-order valence-corrected chi connectivity index (χ4v) is 4.27. The van der Waals surface area contributed by atoms with Crippen molar-refractivity contribution in [3.05, 3.63) is 101 Å². The predicted molar refractivity (Wildman–Crippen MR) is 145 cm³/mol. The summed E-state index contributed by atoms with van der Waals surface area (Å²) in [4.78, 5) is 17.6. The second-order valence-corrected chi connectivity index (χ2v) is 8.60. The van der Waals surface area contributed by atoms with Crippen molar-refractivity contribution < 1.29 is 4.79 Å². The second kappa shape index (κ2) is 12.2. The summed E-state index contributed by atoms with van der Waals surface area (Å²) in [6.07, 6.45) is 6.69. The molecule has 1 heterocycles. The van der Waals surface area contributed by atoms with Crippen LogP contribution in [0.1, 0.15) is 52.9 Å². The Hall–Kier alpha value is -3.37. The van der Waals surface area contributed by atoms with Crippen molar-refractivity contribution in [1.82, 2.24) is 4.98 Å². The third kappa shape index (κ3) is 6.58. The van der Waals surface area contributed by atoms with Gasteiger partial charge in [0, 0.05) is 28.0 Å². The van der Waals surface area contributed by atoms with Gasteiger partial charge in [0.25, 0.3) is 5.91 Å². The SMILES string of the molecule is Cc1cc(N)c2cc(NC(=O)c3ccccc3CCCCCCc3ccccc3)ccc2n1.Cl. The number of benzene rings is 3. The van der Waals surface area contributed by atoms with E-state index in [0.29, 0.717) is 5.69 Å². The molecule has 0 unspecified atom stereocenters. The Balaban J connectivity index is 0.00000324. The van der Waals surface area contributed by atoms with Gasteiger partial charge in [-0.15, -0.1) is 12.4 Å². The van der Waals surface area contributed by atoms with E-state index < -0.39 is 0 Å². The van der Waals surface area contributed by atoms with Crippen LogP contribution in [0.3, 0.4) is 0 Å². The zero-order valence-electron chi connectivity index (χ0n) is 19.6. The maximum Gasteiger partial charge on any atom is 0.255 e. The van der Waals surface area contributed by atoms with E-state index in [1.165, 1.54) is 24.8 Å². The first kappa shape index (κ1) is 25.3. The number of hydrogen-bond acceptors (Lipinski definition) is 3. The van der Waals surface area contributed by atoms with Gasteiger partial charge in [0.05, 0.1) is 5.52 Å². The highest BCUT2D eigenvalue weighted by atomic mass is 35.5. The van der Waals surface area contributed by atoms with Gasteiger partial charge in [0.15, 0.2) is 0 Å². The fourth-order valence-electron chi connectivity index (χ4n) is 4.27. The number of unbranched alkanes of at least 4 members (excludes halogenated alkanes) is 3. The smallest absolute Gasteiger partial charge is 0.255 e. The van der Waals surface area contributed by atoms with Gasteiger partial charge in [0.1, 0.15) is 0 Å². The largest absolute Gasteiger partial charge is 0.398 e. The minimum Gasteiger partial charge on any atom is -0.398 e. The zero-order valence-corrected chi connectivity index (χ0v) is 20.4. The van der Waals surface area contributed by atoms with Crippen LogP contribution in [0.25, 0.3) is 10.9 Å². The molecule has 0 saturated heterocycles. The van der Waals surface area contributed by atoms with E-state index in [1.807, 2.05) is 49.4 Å². The summed E-state index contributed by atoms with van der Waals surface area (Å²) < 4.78 is 0. The topological polar surface area (TPSA) is 68.0 Å². The van der Waals surface area contributed by atoms with Crippen LogP contribution in [0.2, 0.25) is 0 Å². The highest BCUT2D eigenvalue weighted by molar-refractivity contribution is 6.06. The molecular weight excluding hydrogens is 442 g/mol. The first-order valence-electron chi connectivity index (χ1n) is 11.7. The highest BCUT2D eigenvalue weighted by Crippen LogP contribution is 2.25. The molecule has 4 aromatic rings. The van der Waals surface area contributed by atoms with Crippen LogP contribution in [0, 0.1) is 6.92 Å². The van der Waals surface area contributed by atoms with Gasteiger partial charge in [-0.3, -0.25) is 9.78 Å². The van der Waals surface area contributed by atoms with Gasteiger partial charge in [-0.25, -0.2) is 0 Å². The summed E-state index contributed by atoms with van der Waals surface area (Å²) in [5.41, 5.74) is 12.5. The van der Waals surface area contributed by atoms with Crippen molar-refractivity contribution >= 4 is 40.6 Å². The lowest BCUT2D eigenvalue weighted by molar-refractivity contribution is 0.102. The number of amides is 1. The molecule has 0 fully saturated rings. The molecule has 34 heavy (non-hydrogen) atoms. The number of nitrogens with zero attached hydrogens (tertiary/aromatic N) is 1. The molecule has 176 valence electrons. The molecule has 0 aliphatic rings. The zero-order chi connectivity index (χ0) is 23.0. The van der Waals surface area contributed by atoms with E-state index >= 15 is 0 Å². The molecule has 1 amide bonds. The molecule has 0 radical (unpaired) electrons. The van der Waals surface area contributed by atoms with Crippen molar-refractivity contribution in [3.8, 4) is 0 Å². The number of fused-ring (bicyclic) bond motifs is 1. The van der Waals surface area contributed by atoms with Crippen molar-refractivity contribution in [3.63, 3.8) is 0 Å². The lowest BCUT2D eigenvalue weighted by Crippen LogP contribution is -2.14. The summed E-state index contributed by atoms with van der Waals surface area (Å²) in [5.74, 6) is -0.0901. The number of carbonyl (C=O) groups is 1. The lowest BCUT2D eigenvalue weighted by atomic mass is 9.99. The number of aromatic nitrogens is 1. The Kier molecular flexibility index (Phi) is 9.06. The Morgan fingerprint density at radius 3 is 2.35 bits per heavy atom. The monoisotopic (exact) mass is 473 g/mol. The minimum absolute atomic E-state index is 0. The maximum absolute atomic E-state index is 13.0. The van der Waals surface area contributed by atoms with E-state index in [2.05, 4.69) is 46.7 Å². The van der Waals surface area contributed by atoms with Gasteiger partial charge in [0.2, 0.25) is 0 Å². The third-order valence-electron chi connectivity index (χ3n) is 5.99. The molecule has 0 atom stereocenters. The van der Waals surface area contributed by atoms with E-state index in [4.69, 9.17) is 5.73 Å². The normalized spacial score (nSPS) is 10.6. The molecule has 4 rings (SSSR count). The molecule has 0 aliphatic heterocycles. The summed E-state index contributed by atoms with van der Waals surface area (Å²) >= 11 is 0. The average molecular weight is 474 g/mol. The number of pyridine rings is 1. The van der Waals surface area contributed by atoms with Crippen LogP contribution in [0.5, 0.6) is 0 Å². The summed E-state index contributed by atoms with van der Waals surface area (Å²) in [6, 6.07) is 26.0. The first-order chi connectivity index (χ1) is 16.1. The summed E-state index contributed by atoms with van der Waals surface area (Å²) in [7, 11) is 0. The molecule has 0 saturated carbocycles. The highest BCUT2D eigenvalue weighted by Gasteiger charge is 2.12. The number of halogens is 1.